The van der Waals surface area contributed by atoms with Gasteiger partial charge >= 0.3 is 0 Å². The van der Waals surface area contributed by atoms with Gasteiger partial charge < -0.3 is 4.98 Å². The Balaban J connectivity index is 0.000000183. The molecule has 0 fully saturated rings. The van der Waals surface area contributed by atoms with E-state index in [-0.39, 0.29) is 0 Å². The van der Waals surface area contributed by atoms with Crippen LogP contribution in [0.5, 0.6) is 0 Å². The summed E-state index contributed by atoms with van der Waals surface area (Å²) >= 11 is 1.60. The molecule has 0 aliphatic rings. The number of thiazole rings is 1. The molecule has 0 unspecified atom stereocenters. The summed E-state index contributed by atoms with van der Waals surface area (Å²) in [6.07, 6.45) is 6.85. The van der Waals surface area contributed by atoms with Crippen LogP contribution in [-0.2, 0) is 0 Å². The van der Waals surface area contributed by atoms with Gasteiger partial charge in [0, 0.05) is 24.0 Å². The predicted octanol–water partition coefficient (Wildman–Crippen LogP) is 6.57. The smallest absolute Gasteiger partial charge is 0.0919 e. The van der Waals surface area contributed by atoms with Gasteiger partial charge in [-0.25, -0.2) is 4.98 Å². The van der Waals surface area contributed by atoms with Crippen molar-refractivity contribution in [2.45, 2.75) is 0 Å². The van der Waals surface area contributed by atoms with E-state index in [1.54, 1.807) is 41.8 Å². The SMILES string of the molecule is c1c[nH]cn1.c1ccc(-c2ccccc2-c2ccccc2)cc1.c1cscn1. The number of aromatic nitrogens is 3. The van der Waals surface area contributed by atoms with Crippen LogP contribution in [-0.4, -0.2) is 15.0 Å². The number of hydrogen-bond donors (Lipinski definition) is 1. The maximum Gasteiger partial charge on any atom is 0.0919 e. The highest BCUT2D eigenvalue weighted by Crippen LogP contribution is 2.31. The maximum atomic E-state index is 3.74. The molecule has 0 radical (unpaired) electrons. The van der Waals surface area contributed by atoms with Crippen molar-refractivity contribution in [2.24, 2.45) is 0 Å². The van der Waals surface area contributed by atoms with E-state index in [9.17, 15) is 0 Å². The van der Waals surface area contributed by atoms with Gasteiger partial charge in [0.25, 0.3) is 0 Å². The molecule has 0 saturated carbocycles. The van der Waals surface area contributed by atoms with Gasteiger partial charge in [0.2, 0.25) is 0 Å². The Morgan fingerprint density at radius 2 is 1.18 bits per heavy atom. The molecule has 0 aliphatic heterocycles. The van der Waals surface area contributed by atoms with Gasteiger partial charge in [-0.15, -0.1) is 11.3 Å². The molecule has 3 aromatic carbocycles. The molecule has 0 amide bonds. The van der Waals surface area contributed by atoms with E-state index < -0.39 is 0 Å². The van der Waals surface area contributed by atoms with Crippen LogP contribution in [0.1, 0.15) is 0 Å². The fourth-order valence-electron chi connectivity index (χ4n) is 2.61. The third kappa shape index (κ3) is 6.04. The summed E-state index contributed by atoms with van der Waals surface area (Å²) in [5.41, 5.74) is 6.88. The third-order valence-corrected chi connectivity index (χ3v) is 4.37. The Kier molecular flexibility index (Phi) is 7.75. The van der Waals surface area contributed by atoms with Crippen molar-refractivity contribution in [3.63, 3.8) is 0 Å². The lowest BCUT2D eigenvalue weighted by Gasteiger charge is -2.09. The topological polar surface area (TPSA) is 41.6 Å². The van der Waals surface area contributed by atoms with E-state index in [1.807, 2.05) is 5.38 Å². The van der Waals surface area contributed by atoms with Crippen molar-refractivity contribution >= 4 is 11.3 Å². The minimum Gasteiger partial charge on any atom is -0.351 e. The van der Waals surface area contributed by atoms with E-state index >= 15 is 0 Å². The number of H-pyrrole nitrogens is 1. The molecular formula is C24H21N3S. The fraction of sp³-hybridized carbons (Fsp3) is 0. The second-order valence-corrected chi connectivity index (χ2v) is 6.47. The Labute approximate surface area is 169 Å². The molecule has 138 valence electrons. The first-order valence-electron chi connectivity index (χ1n) is 8.90. The van der Waals surface area contributed by atoms with Crippen LogP contribution < -0.4 is 0 Å². The summed E-state index contributed by atoms with van der Waals surface area (Å²) in [5, 5.41) is 1.93. The molecule has 2 aromatic heterocycles. The largest absolute Gasteiger partial charge is 0.351 e. The molecular weight excluding hydrogens is 362 g/mol. The lowest BCUT2D eigenvalue weighted by Crippen LogP contribution is -1.83. The average molecular weight is 384 g/mol. The Bertz CT molecular complexity index is 877. The molecule has 0 bridgehead atoms. The summed E-state index contributed by atoms with van der Waals surface area (Å²) in [4.78, 5) is 10.2. The number of benzene rings is 3. The van der Waals surface area contributed by atoms with Crippen LogP contribution in [0.15, 0.2) is 121 Å². The number of nitrogens with zero attached hydrogens (tertiary/aromatic N) is 2. The van der Waals surface area contributed by atoms with Gasteiger partial charge in [-0.05, 0) is 22.3 Å². The Morgan fingerprint density at radius 3 is 1.50 bits per heavy atom. The Hall–Kier alpha value is -3.50. The zero-order chi connectivity index (χ0) is 19.3. The zero-order valence-electron chi connectivity index (χ0n) is 15.3. The summed E-state index contributed by atoms with van der Waals surface area (Å²) in [7, 11) is 0. The Morgan fingerprint density at radius 1 is 0.607 bits per heavy atom. The highest BCUT2D eigenvalue weighted by molar-refractivity contribution is 7.07. The lowest BCUT2D eigenvalue weighted by molar-refractivity contribution is 1.31. The maximum absolute atomic E-state index is 3.74. The van der Waals surface area contributed by atoms with Crippen molar-refractivity contribution in [3.8, 4) is 22.3 Å². The highest BCUT2D eigenvalue weighted by Gasteiger charge is 2.05. The van der Waals surface area contributed by atoms with Crippen LogP contribution in [0.2, 0.25) is 0 Å². The first kappa shape index (κ1) is 19.3. The standard InChI is InChI=1S/C18H14.C3H4N2.C3H3NS/c1-3-9-15(10-4-1)17-13-7-8-14-18(17)16-11-5-2-6-12-16;2*1-2-5-3-4-1/h1-14H;1-3H,(H,4,5);1-3H. The van der Waals surface area contributed by atoms with E-state index in [0.717, 1.165) is 0 Å². The van der Waals surface area contributed by atoms with Crippen molar-refractivity contribution < 1.29 is 0 Å². The minimum atomic E-state index is 1.26. The van der Waals surface area contributed by atoms with Crippen LogP contribution in [0.25, 0.3) is 22.3 Å². The normalized spacial score (nSPS) is 9.43. The second kappa shape index (κ2) is 11.3. The van der Waals surface area contributed by atoms with E-state index in [4.69, 9.17) is 0 Å². The van der Waals surface area contributed by atoms with Crippen LogP contribution in [0, 0.1) is 0 Å². The average Bonchev–Trinajstić information content (AvgIpc) is 3.54. The minimum absolute atomic E-state index is 1.26. The van der Waals surface area contributed by atoms with Crippen LogP contribution in [0.4, 0.5) is 0 Å². The summed E-state index contributed by atoms with van der Waals surface area (Å²) in [6, 6.07) is 29.6. The van der Waals surface area contributed by atoms with E-state index in [0.29, 0.717) is 0 Å². The van der Waals surface area contributed by atoms with Crippen molar-refractivity contribution in [1.29, 1.82) is 0 Å². The van der Waals surface area contributed by atoms with Crippen LogP contribution >= 0.6 is 11.3 Å². The molecule has 5 rings (SSSR count). The summed E-state index contributed by atoms with van der Waals surface area (Å²) < 4.78 is 0. The summed E-state index contributed by atoms with van der Waals surface area (Å²) in [6.45, 7) is 0. The first-order chi connectivity index (χ1) is 13.9. The van der Waals surface area contributed by atoms with Crippen molar-refractivity contribution in [1.82, 2.24) is 15.0 Å². The molecule has 4 heteroatoms. The van der Waals surface area contributed by atoms with Gasteiger partial charge in [-0.3, -0.25) is 4.98 Å². The second-order valence-electron chi connectivity index (χ2n) is 5.71. The molecule has 0 spiro atoms. The van der Waals surface area contributed by atoms with E-state index in [2.05, 4.69) is 99.9 Å². The molecule has 28 heavy (non-hydrogen) atoms. The predicted molar refractivity (Wildman–Crippen MR) is 118 cm³/mol. The van der Waals surface area contributed by atoms with E-state index in [1.165, 1.54) is 22.3 Å². The first-order valence-corrected chi connectivity index (χ1v) is 9.84. The number of aromatic amines is 1. The lowest BCUT2D eigenvalue weighted by atomic mass is 9.95. The van der Waals surface area contributed by atoms with Crippen molar-refractivity contribution in [3.05, 3.63) is 121 Å². The summed E-state index contributed by atoms with van der Waals surface area (Å²) in [5.74, 6) is 0. The van der Waals surface area contributed by atoms with Gasteiger partial charge in [-0.2, -0.15) is 0 Å². The van der Waals surface area contributed by atoms with Gasteiger partial charge in [0.05, 0.1) is 11.8 Å². The third-order valence-electron chi connectivity index (χ3n) is 3.85. The molecule has 0 aliphatic carbocycles. The molecule has 1 N–H and O–H groups in total. The zero-order valence-corrected chi connectivity index (χ0v) is 16.2. The number of nitrogens with one attached hydrogen (secondary N) is 1. The van der Waals surface area contributed by atoms with Gasteiger partial charge in [-0.1, -0.05) is 84.9 Å². The molecule has 0 atom stereocenters. The monoisotopic (exact) mass is 383 g/mol. The van der Waals surface area contributed by atoms with Gasteiger partial charge in [0.15, 0.2) is 0 Å². The van der Waals surface area contributed by atoms with Crippen LogP contribution in [0.3, 0.4) is 0 Å². The fourth-order valence-corrected chi connectivity index (χ4v) is 2.96. The molecule has 3 nitrogen and oxygen atoms in total. The quantitative estimate of drug-likeness (QED) is 0.374. The molecule has 0 saturated heterocycles. The number of rotatable bonds is 2. The number of hydrogen-bond acceptors (Lipinski definition) is 3. The molecule has 2 heterocycles. The van der Waals surface area contributed by atoms with Gasteiger partial charge in [0.1, 0.15) is 0 Å². The number of imidazole rings is 1. The van der Waals surface area contributed by atoms with Crippen molar-refractivity contribution in [2.75, 3.05) is 0 Å². The highest BCUT2D eigenvalue weighted by atomic mass is 32.1. The molecule has 5 aromatic rings.